The number of nitrogen functional groups attached to an aromatic ring is 1. The lowest BCUT2D eigenvalue weighted by Gasteiger charge is -2.08. The van der Waals surface area contributed by atoms with Gasteiger partial charge in [0.15, 0.2) is 11.6 Å². The van der Waals surface area contributed by atoms with Crippen molar-refractivity contribution in [3.8, 4) is 0 Å². The number of aryl methyl sites for hydroxylation is 1. The molecule has 0 bridgehead atoms. The zero-order chi connectivity index (χ0) is 12.4. The van der Waals surface area contributed by atoms with Crippen LogP contribution in [0.25, 0.3) is 0 Å². The minimum absolute atomic E-state index is 0.479. The number of nitrogens with two attached hydrogens (primary N) is 1. The molecule has 88 valence electrons. The predicted molar refractivity (Wildman–Crippen MR) is 65.2 cm³/mol. The summed E-state index contributed by atoms with van der Waals surface area (Å²) in [5.41, 5.74) is 8.59. The summed E-state index contributed by atoms with van der Waals surface area (Å²) in [5.74, 6) is -1.74. The number of nitrogens with one attached hydrogen (secondary N) is 1. The van der Waals surface area contributed by atoms with E-state index in [2.05, 4.69) is 5.32 Å². The highest BCUT2D eigenvalue weighted by atomic mass is 19.2. The number of anilines is 3. The number of rotatable bonds is 2. The summed E-state index contributed by atoms with van der Waals surface area (Å²) in [4.78, 5) is 0. The standard InChI is InChI=1S/C13H12F2N2/c1-8-2-3-10(7-13(8)16)17-9-4-5-11(14)12(15)6-9/h2-7,17H,16H2,1H3. The molecule has 0 radical (unpaired) electrons. The molecule has 2 aromatic carbocycles. The van der Waals surface area contributed by atoms with Crippen molar-refractivity contribution < 1.29 is 8.78 Å². The van der Waals surface area contributed by atoms with Gasteiger partial charge >= 0.3 is 0 Å². The van der Waals surface area contributed by atoms with Crippen molar-refractivity contribution in [2.24, 2.45) is 0 Å². The van der Waals surface area contributed by atoms with Crippen molar-refractivity contribution >= 4 is 17.1 Å². The lowest BCUT2D eigenvalue weighted by Crippen LogP contribution is -1.95. The molecular weight excluding hydrogens is 222 g/mol. The van der Waals surface area contributed by atoms with Gasteiger partial charge < -0.3 is 11.1 Å². The van der Waals surface area contributed by atoms with Crippen LogP contribution < -0.4 is 11.1 Å². The number of halogens is 2. The van der Waals surface area contributed by atoms with E-state index in [-0.39, 0.29) is 0 Å². The maximum atomic E-state index is 13.0. The van der Waals surface area contributed by atoms with E-state index in [9.17, 15) is 8.78 Å². The molecule has 0 heterocycles. The first-order chi connectivity index (χ1) is 8.06. The van der Waals surface area contributed by atoms with Crippen LogP contribution in [-0.2, 0) is 0 Å². The Morgan fingerprint density at radius 3 is 2.24 bits per heavy atom. The highest BCUT2D eigenvalue weighted by molar-refractivity contribution is 5.65. The molecule has 2 aromatic rings. The summed E-state index contributed by atoms with van der Waals surface area (Å²) in [6.45, 7) is 1.90. The molecule has 0 aliphatic rings. The van der Waals surface area contributed by atoms with Crippen LogP contribution in [0.1, 0.15) is 5.56 Å². The summed E-state index contributed by atoms with van der Waals surface area (Å²) >= 11 is 0. The Kier molecular flexibility index (Phi) is 2.95. The van der Waals surface area contributed by atoms with Crippen LogP contribution in [-0.4, -0.2) is 0 Å². The molecule has 2 nitrogen and oxygen atoms in total. The van der Waals surface area contributed by atoms with Crippen molar-refractivity contribution in [1.29, 1.82) is 0 Å². The Morgan fingerprint density at radius 2 is 1.59 bits per heavy atom. The van der Waals surface area contributed by atoms with Gasteiger partial charge in [0.1, 0.15) is 0 Å². The molecule has 0 aromatic heterocycles. The van der Waals surface area contributed by atoms with E-state index in [0.29, 0.717) is 11.4 Å². The first-order valence-corrected chi connectivity index (χ1v) is 5.14. The maximum absolute atomic E-state index is 13.0. The molecule has 3 N–H and O–H groups in total. The lowest BCUT2D eigenvalue weighted by atomic mass is 10.2. The quantitative estimate of drug-likeness (QED) is 0.779. The van der Waals surface area contributed by atoms with E-state index in [1.165, 1.54) is 6.07 Å². The van der Waals surface area contributed by atoms with E-state index in [0.717, 1.165) is 23.4 Å². The van der Waals surface area contributed by atoms with Crippen molar-refractivity contribution in [2.45, 2.75) is 6.92 Å². The largest absolute Gasteiger partial charge is 0.398 e. The lowest BCUT2D eigenvalue weighted by molar-refractivity contribution is 0.509. The third-order valence-corrected chi connectivity index (χ3v) is 2.49. The fourth-order valence-corrected chi connectivity index (χ4v) is 1.46. The normalized spacial score (nSPS) is 10.3. The Bertz CT molecular complexity index is 504. The Morgan fingerprint density at radius 1 is 0.941 bits per heavy atom. The van der Waals surface area contributed by atoms with Crippen LogP contribution in [0.5, 0.6) is 0 Å². The zero-order valence-electron chi connectivity index (χ0n) is 9.30. The second-order valence-corrected chi connectivity index (χ2v) is 3.83. The highest BCUT2D eigenvalue weighted by Gasteiger charge is 2.03. The molecule has 2 rings (SSSR count). The van der Waals surface area contributed by atoms with Crippen molar-refractivity contribution in [3.63, 3.8) is 0 Å². The van der Waals surface area contributed by atoms with Crippen molar-refractivity contribution in [3.05, 3.63) is 53.6 Å². The van der Waals surface area contributed by atoms with Crippen LogP contribution in [0.2, 0.25) is 0 Å². The van der Waals surface area contributed by atoms with Gasteiger partial charge in [-0.05, 0) is 36.8 Å². The van der Waals surface area contributed by atoms with Gasteiger partial charge in [0.2, 0.25) is 0 Å². The molecule has 17 heavy (non-hydrogen) atoms. The van der Waals surface area contributed by atoms with E-state index < -0.39 is 11.6 Å². The van der Waals surface area contributed by atoms with Gasteiger partial charge in [0, 0.05) is 23.1 Å². The van der Waals surface area contributed by atoms with Gasteiger partial charge in [-0.25, -0.2) is 8.78 Å². The molecule has 0 spiro atoms. The zero-order valence-corrected chi connectivity index (χ0v) is 9.30. The summed E-state index contributed by atoms with van der Waals surface area (Å²) in [6.07, 6.45) is 0. The Balaban J connectivity index is 2.25. The van der Waals surface area contributed by atoms with Crippen LogP contribution in [0, 0.1) is 18.6 Å². The second kappa shape index (κ2) is 4.41. The molecule has 0 unspecified atom stereocenters. The van der Waals surface area contributed by atoms with Crippen LogP contribution >= 0.6 is 0 Å². The minimum atomic E-state index is -0.880. The number of hydrogen-bond acceptors (Lipinski definition) is 2. The van der Waals surface area contributed by atoms with E-state index in [1.807, 2.05) is 19.1 Å². The summed E-state index contributed by atoms with van der Waals surface area (Å²) in [7, 11) is 0. The summed E-state index contributed by atoms with van der Waals surface area (Å²) in [5, 5.41) is 2.95. The summed E-state index contributed by atoms with van der Waals surface area (Å²) < 4.78 is 25.7. The average Bonchev–Trinajstić information content (AvgIpc) is 2.29. The van der Waals surface area contributed by atoms with E-state index >= 15 is 0 Å². The minimum Gasteiger partial charge on any atom is -0.398 e. The fraction of sp³-hybridized carbons (Fsp3) is 0.0769. The average molecular weight is 234 g/mol. The predicted octanol–water partition coefficient (Wildman–Crippen LogP) is 3.60. The maximum Gasteiger partial charge on any atom is 0.160 e. The van der Waals surface area contributed by atoms with Gasteiger partial charge in [0.05, 0.1) is 0 Å². The van der Waals surface area contributed by atoms with Crippen LogP contribution in [0.4, 0.5) is 25.8 Å². The monoisotopic (exact) mass is 234 g/mol. The number of hydrogen-bond donors (Lipinski definition) is 2. The van der Waals surface area contributed by atoms with Gasteiger partial charge in [-0.15, -0.1) is 0 Å². The van der Waals surface area contributed by atoms with Gasteiger partial charge in [-0.2, -0.15) is 0 Å². The van der Waals surface area contributed by atoms with E-state index in [1.54, 1.807) is 6.07 Å². The number of benzene rings is 2. The van der Waals surface area contributed by atoms with Crippen molar-refractivity contribution in [1.82, 2.24) is 0 Å². The molecule has 0 saturated carbocycles. The molecule has 0 amide bonds. The third-order valence-electron chi connectivity index (χ3n) is 2.49. The second-order valence-electron chi connectivity index (χ2n) is 3.83. The van der Waals surface area contributed by atoms with Gasteiger partial charge in [0.25, 0.3) is 0 Å². The van der Waals surface area contributed by atoms with Crippen molar-refractivity contribution in [2.75, 3.05) is 11.1 Å². The first kappa shape index (κ1) is 11.4. The van der Waals surface area contributed by atoms with Crippen LogP contribution in [0.15, 0.2) is 36.4 Å². The first-order valence-electron chi connectivity index (χ1n) is 5.14. The molecule has 0 aliphatic heterocycles. The fourth-order valence-electron chi connectivity index (χ4n) is 1.46. The van der Waals surface area contributed by atoms with Gasteiger partial charge in [-0.3, -0.25) is 0 Å². The van der Waals surface area contributed by atoms with Crippen LogP contribution in [0.3, 0.4) is 0 Å². The Labute approximate surface area is 98.1 Å². The van der Waals surface area contributed by atoms with Gasteiger partial charge in [-0.1, -0.05) is 6.07 Å². The third kappa shape index (κ3) is 2.53. The topological polar surface area (TPSA) is 38.0 Å². The summed E-state index contributed by atoms with van der Waals surface area (Å²) in [6, 6.07) is 9.08. The molecule has 4 heteroatoms. The Hall–Kier alpha value is -2.10. The highest BCUT2D eigenvalue weighted by Crippen LogP contribution is 2.22. The molecule has 0 atom stereocenters. The SMILES string of the molecule is Cc1ccc(Nc2ccc(F)c(F)c2)cc1N. The molecule has 0 aliphatic carbocycles. The molecule has 0 fully saturated rings. The smallest absolute Gasteiger partial charge is 0.160 e. The molecule has 0 saturated heterocycles. The molecular formula is C13H12F2N2. The van der Waals surface area contributed by atoms with E-state index in [4.69, 9.17) is 5.73 Å².